The third-order valence-corrected chi connectivity index (χ3v) is 3.69. The van der Waals surface area contributed by atoms with Crippen LogP contribution in [0.2, 0.25) is 0 Å². The van der Waals surface area contributed by atoms with Crippen LogP contribution in [0.1, 0.15) is 11.1 Å². The summed E-state index contributed by atoms with van der Waals surface area (Å²) in [7, 11) is 0. The second-order valence-corrected chi connectivity index (χ2v) is 5.48. The molecule has 1 aromatic heterocycles. The van der Waals surface area contributed by atoms with Crippen molar-refractivity contribution in [3.05, 3.63) is 90.7 Å². The maximum atomic E-state index is 12.6. The number of nitrogens with zero attached hydrogens (tertiary/aromatic N) is 2. The molecular formula is C18H15N3O3. The summed E-state index contributed by atoms with van der Waals surface area (Å²) in [6.45, 7) is 5.83. The van der Waals surface area contributed by atoms with Gasteiger partial charge in [-0.05, 0) is 30.7 Å². The number of nitrogens with one attached hydrogen (secondary N) is 1. The molecule has 0 fully saturated rings. The molecular weight excluding hydrogens is 306 g/mol. The minimum absolute atomic E-state index is 0.0243. The van der Waals surface area contributed by atoms with Gasteiger partial charge in [0, 0.05) is 12.1 Å². The summed E-state index contributed by atoms with van der Waals surface area (Å²) in [6, 6.07) is 13.6. The zero-order chi connectivity index (χ0) is 17.3. The van der Waals surface area contributed by atoms with Crippen molar-refractivity contribution in [2.75, 3.05) is 0 Å². The van der Waals surface area contributed by atoms with Gasteiger partial charge in [-0.3, -0.25) is 20.0 Å². The fraction of sp³-hybridized carbons (Fsp3) is 0.0556. The lowest BCUT2D eigenvalue weighted by molar-refractivity contribution is -0.384. The predicted molar refractivity (Wildman–Crippen MR) is 92.6 cm³/mol. The Bertz CT molecular complexity index is 1080. The maximum Gasteiger partial charge on any atom is 0.279 e. The van der Waals surface area contributed by atoms with Gasteiger partial charge in [0.15, 0.2) is 0 Å². The molecule has 120 valence electrons. The van der Waals surface area contributed by atoms with Crippen LogP contribution in [0.3, 0.4) is 0 Å². The van der Waals surface area contributed by atoms with Gasteiger partial charge in [-0.15, -0.1) is 0 Å². The number of non-ortho nitro benzene ring substituents is 1. The molecule has 0 amide bonds. The largest absolute Gasteiger partial charge is 0.291 e. The fourth-order valence-corrected chi connectivity index (χ4v) is 2.41. The van der Waals surface area contributed by atoms with E-state index in [0.29, 0.717) is 21.8 Å². The molecule has 6 nitrogen and oxygen atoms in total. The van der Waals surface area contributed by atoms with Crippen LogP contribution < -0.4 is 16.1 Å². The lowest BCUT2D eigenvalue weighted by Crippen LogP contribution is -2.33. The minimum atomic E-state index is -0.468. The van der Waals surface area contributed by atoms with E-state index in [1.807, 2.05) is 31.2 Å². The monoisotopic (exact) mass is 321 g/mol. The van der Waals surface area contributed by atoms with Crippen molar-refractivity contribution in [1.82, 2.24) is 9.78 Å². The molecule has 0 aliphatic rings. The van der Waals surface area contributed by atoms with Crippen molar-refractivity contribution in [2.45, 2.75) is 6.92 Å². The molecule has 0 saturated carbocycles. The highest BCUT2D eigenvalue weighted by Crippen LogP contribution is 2.13. The van der Waals surface area contributed by atoms with Gasteiger partial charge in [0.25, 0.3) is 11.2 Å². The molecule has 0 aliphatic carbocycles. The lowest BCUT2D eigenvalue weighted by atomic mass is 10.2. The van der Waals surface area contributed by atoms with Crippen LogP contribution in [0.5, 0.6) is 0 Å². The van der Waals surface area contributed by atoms with E-state index in [0.717, 1.165) is 5.56 Å². The van der Waals surface area contributed by atoms with Gasteiger partial charge in [-0.2, -0.15) is 0 Å². The van der Waals surface area contributed by atoms with Gasteiger partial charge in [-0.25, -0.2) is 4.68 Å². The molecule has 0 unspecified atom stereocenters. The van der Waals surface area contributed by atoms with Crippen molar-refractivity contribution in [1.29, 1.82) is 0 Å². The highest BCUT2D eigenvalue weighted by molar-refractivity contribution is 5.53. The van der Waals surface area contributed by atoms with Crippen molar-refractivity contribution < 1.29 is 4.92 Å². The molecule has 0 aliphatic heterocycles. The van der Waals surface area contributed by atoms with Gasteiger partial charge in [0.2, 0.25) is 0 Å². The SMILES string of the molecule is C=c1[nH]n(-c2ccc(C)cc2)c(=O)c1=Cc1cccc([N+](=O)[O-])c1. The van der Waals surface area contributed by atoms with Crippen molar-refractivity contribution in [3.8, 4) is 5.69 Å². The molecule has 1 heterocycles. The highest BCUT2D eigenvalue weighted by atomic mass is 16.6. The van der Waals surface area contributed by atoms with Crippen LogP contribution in [0.25, 0.3) is 18.3 Å². The molecule has 2 aromatic carbocycles. The summed E-state index contributed by atoms with van der Waals surface area (Å²) in [6.07, 6.45) is 1.60. The number of nitro groups is 1. The first-order valence-corrected chi connectivity index (χ1v) is 7.29. The average molecular weight is 321 g/mol. The molecule has 6 heteroatoms. The first kappa shape index (κ1) is 15.5. The van der Waals surface area contributed by atoms with E-state index in [1.165, 1.54) is 16.8 Å². The van der Waals surface area contributed by atoms with E-state index in [9.17, 15) is 14.9 Å². The number of rotatable bonds is 3. The van der Waals surface area contributed by atoms with E-state index in [-0.39, 0.29) is 11.2 Å². The first-order chi connectivity index (χ1) is 11.5. The van der Waals surface area contributed by atoms with E-state index in [4.69, 9.17) is 0 Å². The number of benzene rings is 2. The summed E-state index contributed by atoms with van der Waals surface area (Å²) in [5.41, 5.74) is 2.09. The molecule has 0 saturated heterocycles. The van der Waals surface area contributed by atoms with Crippen LogP contribution in [0, 0.1) is 17.0 Å². The van der Waals surface area contributed by atoms with E-state index < -0.39 is 4.92 Å². The minimum Gasteiger partial charge on any atom is -0.291 e. The average Bonchev–Trinajstić information content (AvgIpc) is 2.84. The predicted octanol–water partition coefficient (Wildman–Crippen LogP) is 1.62. The fourth-order valence-electron chi connectivity index (χ4n) is 2.41. The normalized spacial score (nSPS) is 11.6. The molecule has 1 N–H and O–H groups in total. The number of hydrogen-bond donors (Lipinski definition) is 1. The molecule has 0 atom stereocenters. The molecule has 3 aromatic rings. The maximum absolute atomic E-state index is 12.6. The zero-order valence-corrected chi connectivity index (χ0v) is 13.0. The third-order valence-electron chi connectivity index (χ3n) is 3.69. The summed E-state index contributed by atoms with van der Waals surface area (Å²) in [4.78, 5) is 23.0. The third kappa shape index (κ3) is 2.89. The number of H-pyrrole nitrogens is 1. The summed E-state index contributed by atoms with van der Waals surface area (Å²) >= 11 is 0. The quantitative estimate of drug-likeness (QED) is 0.588. The van der Waals surface area contributed by atoms with Gasteiger partial charge >= 0.3 is 0 Å². The van der Waals surface area contributed by atoms with Crippen LogP contribution in [-0.4, -0.2) is 14.7 Å². The summed E-state index contributed by atoms with van der Waals surface area (Å²) in [5.74, 6) is 0. The number of aromatic amines is 1. The van der Waals surface area contributed by atoms with Gasteiger partial charge in [-0.1, -0.05) is 36.4 Å². The Kier molecular flexibility index (Phi) is 3.87. The number of aromatic nitrogens is 2. The zero-order valence-electron chi connectivity index (χ0n) is 13.0. The highest BCUT2D eigenvalue weighted by Gasteiger charge is 2.07. The number of aryl methyl sites for hydroxylation is 1. The van der Waals surface area contributed by atoms with Gasteiger partial charge in [0.1, 0.15) is 0 Å². The topological polar surface area (TPSA) is 80.9 Å². The Morgan fingerprint density at radius 1 is 1.21 bits per heavy atom. The summed E-state index contributed by atoms with van der Waals surface area (Å²) in [5, 5.41) is 14.6. The van der Waals surface area contributed by atoms with Gasteiger partial charge < -0.3 is 0 Å². The Morgan fingerprint density at radius 3 is 2.58 bits per heavy atom. The molecule has 0 radical (unpaired) electrons. The number of hydrogen-bond acceptors (Lipinski definition) is 3. The molecule has 0 spiro atoms. The standard InChI is InChI=1S/C18H15N3O3/c1-12-6-8-15(9-7-12)20-18(22)17(13(2)19-20)11-14-4-3-5-16(10-14)21(23)24/h3-11,19H,2H2,1H3. The first-order valence-electron chi connectivity index (χ1n) is 7.29. The molecule has 0 bridgehead atoms. The second kappa shape index (κ2) is 6.00. The Hall–Kier alpha value is -3.41. The molecule has 3 rings (SSSR count). The van der Waals surface area contributed by atoms with E-state index >= 15 is 0 Å². The van der Waals surface area contributed by atoms with E-state index in [2.05, 4.69) is 11.7 Å². The summed E-state index contributed by atoms with van der Waals surface area (Å²) < 4.78 is 1.41. The Balaban J connectivity index is 2.15. The number of nitro benzene ring substituents is 1. The lowest BCUT2D eigenvalue weighted by Gasteiger charge is -2.00. The van der Waals surface area contributed by atoms with Crippen LogP contribution in [-0.2, 0) is 0 Å². The van der Waals surface area contributed by atoms with Crippen molar-refractivity contribution in [3.63, 3.8) is 0 Å². The van der Waals surface area contributed by atoms with Gasteiger partial charge in [0.05, 0.1) is 21.2 Å². The molecule has 24 heavy (non-hydrogen) atoms. The smallest absolute Gasteiger partial charge is 0.279 e. The Morgan fingerprint density at radius 2 is 1.92 bits per heavy atom. The van der Waals surface area contributed by atoms with Crippen LogP contribution in [0.15, 0.2) is 53.3 Å². The van der Waals surface area contributed by atoms with Crippen LogP contribution in [0.4, 0.5) is 5.69 Å². The van der Waals surface area contributed by atoms with Crippen molar-refractivity contribution >= 4 is 18.3 Å². The van der Waals surface area contributed by atoms with Crippen molar-refractivity contribution in [2.24, 2.45) is 0 Å². The van der Waals surface area contributed by atoms with E-state index in [1.54, 1.807) is 18.2 Å². The second-order valence-electron chi connectivity index (χ2n) is 5.48. The van der Waals surface area contributed by atoms with Crippen LogP contribution >= 0.6 is 0 Å². The Labute approximate surface area is 137 Å².